The van der Waals surface area contributed by atoms with Gasteiger partial charge in [-0.25, -0.2) is 4.98 Å². The Labute approximate surface area is 190 Å². The highest BCUT2D eigenvalue weighted by molar-refractivity contribution is 7.99. The van der Waals surface area contributed by atoms with Crippen molar-refractivity contribution in [1.29, 1.82) is 0 Å². The van der Waals surface area contributed by atoms with Gasteiger partial charge in [-0.1, -0.05) is 42.1 Å². The molecule has 6 nitrogen and oxygen atoms in total. The van der Waals surface area contributed by atoms with Crippen LogP contribution in [0.4, 0.5) is 5.69 Å². The van der Waals surface area contributed by atoms with Gasteiger partial charge in [0.2, 0.25) is 5.91 Å². The summed E-state index contributed by atoms with van der Waals surface area (Å²) in [6.07, 6.45) is 0. The molecule has 0 radical (unpaired) electrons. The zero-order valence-corrected chi connectivity index (χ0v) is 18.9. The van der Waals surface area contributed by atoms with Gasteiger partial charge in [-0.15, -0.1) is 0 Å². The molecular weight excluding hydrogens is 422 g/mol. The smallest absolute Gasteiger partial charge is 0.266 e. The molecule has 1 N–H and O–H groups in total. The first-order chi connectivity index (χ1) is 15.5. The number of hydrogen-bond donors (Lipinski definition) is 1. The monoisotopic (exact) mass is 445 g/mol. The normalized spacial score (nSPS) is 10.8. The number of hydrogen-bond acceptors (Lipinski definition) is 5. The van der Waals surface area contributed by atoms with Crippen LogP contribution in [0.25, 0.3) is 16.6 Å². The summed E-state index contributed by atoms with van der Waals surface area (Å²) in [5, 5.41) is 3.86. The lowest BCUT2D eigenvalue weighted by Gasteiger charge is -2.15. The molecule has 1 heterocycles. The van der Waals surface area contributed by atoms with E-state index in [0.29, 0.717) is 27.5 Å². The Balaban J connectivity index is 1.69. The third kappa shape index (κ3) is 4.38. The van der Waals surface area contributed by atoms with Crippen molar-refractivity contribution in [1.82, 2.24) is 9.55 Å². The maximum absolute atomic E-state index is 13.4. The number of amides is 1. The van der Waals surface area contributed by atoms with E-state index in [0.717, 1.165) is 16.8 Å². The van der Waals surface area contributed by atoms with E-state index < -0.39 is 0 Å². The van der Waals surface area contributed by atoms with Crippen LogP contribution >= 0.6 is 11.8 Å². The van der Waals surface area contributed by atoms with Crippen LogP contribution in [0.2, 0.25) is 0 Å². The van der Waals surface area contributed by atoms with Crippen LogP contribution < -0.4 is 15.6 Å². The van der Waals surface area contributed by atoms with E-state index in [1.54, 1.807) is 35.9 Å². The molecule has 1 aromatic heterocycles. The van der Waals surface area contributed by atoms with Crippen LogP contribution in [-0.2, 0) is 4.79 Å². The standard InChI is InChI=1S/C25H23N3O3S/c1-16-12-13-18(14-17(16)2)28-24(30)19-8-4-5-9-20(19)27-25(28)32-15-23(29)26-21-10-6-7-11-22(21)31-3/h4-14H,15H2,1-3H3,(H,26,29). The van der Waals surface area contributed by atoms with Crippen molar-refractivity contribution < 1.29 is 9.53 Å². The van der Waals surface area contributed by atoms with E-state index in [2.05, 4.69) is 5.32 Å². The van der Waals surface area contributed by atoms with Gasteiger partial charge in [0, 0.05) is 0 Å². The number of benzene rings is 3. The number of carbonyl (C=O) groups excluding carboxylic acids is 1. The highest BCUT2D eigenvalue weighted by atomic mass is 32.2. The minimum absolute atomic E-state index is 0.0909. The quantitative estimate of drug-likeness (QED) is 0.343. The predicted molar refractivity (Wildman–Crippen MR) is 129 cm³/mol. The van der Waals surface area contributed by atoms with E-state index in [1.165, 1.54) is 11.8 Å². The second-order valence-electron chi connectivity index (χ2n) is 7.36. The largest absolute Gasteiger partial charge is 0.495 e. The summed E-state index contributed by atoms with van der Waals surface area (Å²) in [7, 11) is 1.56. The summed E-state index contributed by atoms with van der Waals surface area (Å²) in [6, 6.07) is 20.3. The fourth-order valence-electron chi connectivity index (χ4n) is 3.37. The number of methoxy groups -OCH3 is 1. The number of anilines is 1. The van der Waals surface area contributed by atoms with Gasteiger partial charge < -0.3 is 10.1 Å². The molecule has 0 spiro atoms. The summed E-state index contributed by atoms with van der Waals surface area (Å²) in [5.74, 6) is 0.462. The summed E-state index contributed by atoms with van der Waals surface area (Å²) >= 11 is 1.22. The second kappa shape index (κ2) is 9.28. The van der Waals surface area contributed by atoms with E-state index in [4.69, 9.17) is 9.72 Å². The van der Waals surface area contributed by atoms with Gasteiger partial charge in [0.05, 0.1) is 35.1 Å². The van der Waals surface area contributed by atoms with E-state index in [1.807, 2.05) is 56.3 Å². The molecule has 0 aliphatic carbocycles. The highest BCUT2D eigenvalue weighted by Crippen LogP contribution is 2.25. The molecule has 0 aliphatic rings. The maximum atomic E-state index is 13.4. The van der Waals surface area contributed by atoms with Crippen LogP contribution in [0, 0.1) is 13.8 Å². The molecular formula is C25H23N3O3S. The van der Waals surface area contributed by atoms with Gasteiger partial charge in [-0.3, -0.25) is 14.2 Å². The highest BCUT2D eigenvalue weighted by Gasteiger charge is 2.16. The average molecular weight is 446 g/mol. The van der Waals surface area contributed by atoms with Gasteiger partial charge in [0.25, 0.3) is 5.56 Å². The number of ether oxygens (including phenoxy) is 1. The summed E-state index contributed by atoms with van der Waals surface area (Å²) < 4.78 is 6.87. The Morgan fingerprint density at radius 3 is 2.56 bits per heavy atom. The van der Waals surface area contributed by atoms with Gasteiger partial charge in [-0.05, 0) is 61.4 Å². The minimum Gasteiger partial charge on any atom is -0.495 e. The van der Waals surface area contributed by atoms with Gasteiger partial charge in [0.1, 0.15) is 5.75 Å². The van der Waals surface area contributed by atoms with Crippen LogP contribution in [0.3, 0.4) is 0 Å². The Morgan fingerprint density at radius 1 is 1.03 bits per heavy atom. The van der Waals surface area contributed by atoms with Crippen molar-refractivity contribution in [2.45, 2.75) is 19.0 Å². The van der Waals surface area contributed by atoms with Crippen LogP contribution in [0.15, 0.2) is 76.7 Å². The molecule has 32 heavy (non-hydrogen) atoms. The fraction of sp³-hybridized carbons (Fsp3) is 0.160. The molecule has 1 amide bonds. The lowest BCUT2D eigenvalue weighted by atomic mass is 10.1. The van der Waals surface area contributed by atoms with Crippen molar-refractivity contribution in [3.63, 3.8) is 0 Å². The first kappa shape index (κ1) is 21.6. The second-order valence-corrected chi connectivity index (χ2v) is 8.30. The number of thioether (sulfide) groups is 1. The minimum atomic E-state index is -0.214. The number of nitrogens with zero attached hydrogens (tertiary/aromatic N) is 2. The first-order valence-electron chi connectivity index (χ1n) is 10.1. The Hall–Kier alpha value is -3.58. The van der Waals surface area contributed by atoms with Crippen molar-refractivity contribution >= 4 is 34.3 Å². The number of fused-ring (bicyclic) bond motifs is 1. The lowest BCUT2D eigenvalue weighted by Crippen LogP contribution is -2.23. The Bertz CT molecular complexity index is 1360. The van der Waals surface area contributed by atoms with Crippen molar-refractivity contribution in [3.8, 4) is 11.4 Å². The predicted octanol–water partition coefficient (Wildman–Crippen LogP) is 4.74. The van der Waals surface area contributed by atoms with Gasteiger partial charge in [0.15, 0.2) is 5.16 Å². The zero-order valence-electron chi connectivity index (χ0n) is 18.1. The zero-order chi connectivity index (χ0) is 22.7. The van der Waals surface area contributed by atoms with Gasteiger partial charge in [-0.2, -0.15) is 0 Å². The molecule has 3 aromatic carbocycles. The molecule has 0 saturated carbocycles. The summed E-state index contributed by atoms with van der Waals surface area (Å²) in [6.45, 7) is 4.03. The van der Waals surface area contributed by atoms with Crippen molar-refractivity contribution in [3.05, 3.63) is 88.2 Å². The molecule has 162 valence electrons. The van der Waals surface area contributed by atoms with E-state index in [-0.39, 0.29) is 17.2 Å². The van der Waals surface area contributed by atoms with Crippen LogP contribution in [0.5, 0.6) is 5.75 Å². The van der Waals surface area contributed by atoms with E-state index in [9.17, 15) is 9.59 Å². The molecule has 0 saturated heterocycles. The molecule has 0 fully saturated rings. The number of aromatic nitrogens is 2. The fourth-order valence-corrected chi connectivity index (χ4v) is 4.18. The molecule has 0 bridgehead atoms. The molecule has 7 heteroatoms. The Morgan fingerprint density at radius 2 is 1.78 bits per heavy atom. The summed E-state index contributed by atoms with van der Waals surface area (Å²) in [5.41, 5.74) is 3.98. The third-order valence-corrected chi connectivity index (χ3v) is 6.15. The SMILES string of the molecule is COc1ccccc1NC(=O)CSc1nc2ccccc2c(=O)n1-c1ccc(C)c(C)c1. The van der Waals surface area contributed by atoms with Crippen LogP contribution in [-0.4, -0.2) is 28.3 Å². The molecule has 0 aliphatic heterocycles. The number of carbonyl (C=O) groups is 1. The van der Waals surface area contributed by atoms with Crippen molar-refractivity contribution in [2.24, 2.45) is 0 Å². The lowest BCUT2D eigenvalue weighted by molar-refractivity contribution is -0.113. The molecule has 4 aromatic rings. The Kier molecular flexibility index (Phi) is 6.28. The van der Waals surface area contributed by atoms with Crippen LogP contribution in [0.1, 0.15) is 11.1 Å². The number of aryl methyl sites for hydroxylation is 2. The number of nitrogens with one attached hydrogen (secondary N) is 1. The van der Waals surface area contributed by atoms with Gasteiger partial charge >= 0.3 is 0 Å². The molecule has 4 rings (SSSR count). The number of rotatable bonds is 6. The first-order valence-corrected chi connectivity index (χ1v) is 11.1. The molecule has 0 unspecified atom stereocenters. The third-order valence-electron chi connectivity index (χ3n) is 5.21. The maximum Gasteiger partial charge on any atom is 0.266 e. The molecule has 0 atom stereocenters. The summed E-state index contributed by atoms with van der Waals surface area (Å²) in [4.78, 5) is 30.7. The topological polar surface area (TPSA) is 73.2 Å². The average Bonchev–Trinajstić information content (AvgIpc) is 2.80. The number of para-hydroxylation sites is 3. The van der Waals surface area contributed by atoms with Crippen molar-refractivity contribution in [2.75, 3.05) is 18.2 Å². The van der Waals surface area contributed by atoms with E-state index >= 15 is 0 Å².